The highest BCUT2D eigenvalue weighted by Crippen LogP contribution is 2.52. The molecule has 7 atom stereocenters. The largest absolute Gasteiger partial charge is 0.508 e. The molecule has 9 nitrogen and oxygen atoms in total. The van der Waals surface area contributed by atoms with Crippen molar-refractivity contribution in [1.82, 2.24) is 10.3 Å². The molecule has 0 amide bonds. The number of aromatic nitrogens is 1. The Kier molecular flexibility index (Phi) is 9.94. The van der Waals surface area contributed by atoms with Crippen molar-refractivity contribution in [2.75, 3.05) is 20.7 Å². The molecule has 7 unspecified atom stereocenters. The van der Waals surface area contributed by atoms with Gasteiger partial charge in [-0.1, -0.05) is 24.3 Å². The predicted molar refractivity (Wildman–Crippen MR) is 175 cm³/mol. The first-order valence-corrected chi connectivity index (χ1v) is 16.7. The van der Waals surface area contributed by atoms with Crippen LogP contribution in [-0.2, 0) is 17.8 Å². The first-order chi connectivity index (χ1) is 22.3. The van der Waals surface area contributed by atoms with E-state index in [1.807, 2.05) is 37.6 Å². The minimum atomic E-state index is -0.629. The number of ether oxygens (including phenoxy) is 2. The average Bonchev–Trinajstić information content (AvgIpc) is 3.58. The molecule has 2 aliphatic carbocycles. The lowest BCUT2D eigenvalue weighted by Gasteiger charge is -2.45. The first-order valence-electron chi connectivity index (χ1n) is 16.7. The second kappa shape index (κ2) is 14.1. The quantitative estimate of drug-likeness (QED) is 0.112. The molecule has 1 saturated carbocycles. The van der Waals surface area contributed by atoms with E-state index in [1.165, 1.54) is 12.7 Å². The Labute approximate surface area is 270 Å². The normalized spacial score (nSPS) is 27.8. The van der Waals surface area contributed by atoms with E-state index in [1.54, 1.807) is 0 Å². The minimum absolute atomic E-state index is 0.0309. The number of benzene rings is 2. The molecule has 3 aliphatic rings. The van der Waals surface area contributed by atoms with E-state index in [0.29, 0.717) is 42.1 Å². The lowest BCUT2D eigenvalue weighted by Crippen LogP contribution is -2.44. The van der Waals surface area contributed by atoms with Crippen LogP contribution in [0.1, 0.15) is 96.3 Å². The van der Waals surface area contributed by atoms with Gasteiger partial charge in [-0.15, -0.1) is 0 Å². The molecule has 6 rings (SSSR count). The molecular weight excluding hydrogens is 584 g/mol. The molecule has 7 N–H and O–H groups in total. The Morgan fingerprint density at radius 2 is 1.89 bits per heavy atom. The van der Waals surface area contributed by atoms with E-state index in [0.717, 1.165) is 49.8 Å². The summed E-state index contributed by atoms with van der Waals surface area (Å²) >= 11 is 0. The molecule has 0 spiro atoms. The van der Waals surface area contributed by atoms with Gasteiger partial charge in [-0.2, -0.15) is 0 Å². The summed E-state index contributed by atoms with van der Waals surface area (Å²) in [6.07, 6.45) is 12.9. The van der Waals surface area contributed by atoms with Gasteiger partial charge in [0, 0.05) is 53.8 Å². The van der Waals surface area contributed by atoms with E-state index >= 15 is 0 Å². The molecule has 46 heavy (non-hydrogen) atoms. The number of methoxy groups -OCH3 is 1. The molecule has 1 aromatic heterocycles. The molecule has 9 heteroatoms. The Balaban J connectivity index is 1.28. The SMILES string of the molecule is CNCCC1CC=CC(c2cc(C3CCC4C(O)CC(c5c(CO)c(O)c(O)c(OC)c5Cc5cc[nH]c5)OC4C3)ccc2O)C1. The zero-order valence-corrected chi connectivity index (χ0v) is 26.8. The number of hydrogen-bond acceptors (Lipinski definition) is 8. The number of aromatic amines is 1. The zero-order valence-electron chi connectivity index (χ0n) is 26.8. The van der Waals surface area contributed by atoms with Crippen LogP contribution in [0.3, 0.4) is 0 Å². The summed E-state index contributed by atoms with van der Waals surface area (Å²) in [6, 6.07) is 7.94. The van der Waals surface area contributed by atoms with Crippen LogP contribution >= 0.6 is 0 Å². The van der Waals surface area contributed by atoms with Crippen LogP contribution in [0.4, 0.5) is 0 Å². The maximum absolute atomic E-state index is 11.5. The fourth-order valence-electron chi connectivity index (χ4n) is 8.25. The highest BCUT2D eigenvalue weighted by molar-refractivity contribution is 5.64. The van der Waals surface area contributed by atoms with Gasteiger partial charge in [-0.25, -0.2) is 0 Å². The number of fused-ring (bicyclic) bond motifs is 1. The number of allylic oxidation sites excluding steroid dienone is 2. The molecule has 3 aromatic rings. The second-order valence-corrected chi connectivity index (χ2v) is 13.4. The number of aromatic hydroxyl groups is 3. The summed E-state index contributed by atoms with van der Waals surface area (Å²) in [5.74, 6) is 0.533. The average molecular weight is 633 g/mol. The van der Waals surface area contributed by atoms with Crippen LogP contribution in [0.2, 0.25) is 0 Å². The maximum atomic E-state index is 11.5. The van der Waals surface area contributed by atoms with Crippen LogP contribution in [0.5, 0.6) is 23.0 Å². The predicted octanol–water partition coefficient (Wildman–Crippen LogP) is 5.66. The highest BCUT2D eigenvalue weighted by Gasteiger charge is 2.44. The number of hydrogen-bond donors (Lipinski definition) is 7. The summed E-state index contributed by atoms with van der Waals surface area (Å²) in [5.41, 5.74) is 4.43. The number of phenols is 3. The Morgan fingerprint density at radius 3 is 2.63 bits per heavy atom. The van der Waals surface area contributed by atoms with Crippen molar-refractivity contribution < 1.29 is 35.0 Å². The number of aliphatic hydroxyl groups is 2. The van der Waals surface area contributed by atoms with Crippen LogP contribution in [0.25, 0.3) is 0 Å². The molecule has 0 radical (unpaired) electrons. The number of phenolic OH excluding ortho intramolecular Hbond substituents is 2. The molecule has 2 heterocycles. The van der Waals surface area contributed by atoms with Crippen molar-refractivity contribution in [1.29, 1.82) is 0 Å². The third-order valence-electron chi connectivity index (χ3n) is 10.7. The maximum Gasteiger partial charge on any atom is 0.201 e. The van der Waals surface area contributed by atoms with E-state index < -0.39 is 30.3 Å². The van der Waals surface area contributed by atoms with E-state index in [-0.39, 0.29) is 35.2 Å². The van der Waals surface area contributed by atoms with Crippen molar-refractivity contribution in [3.63, 3.8) is 0 Å². The minimum Gasteiger partial charge on any atom is -0.508 e. The van der Waals surface area contributed by atoms with Crippen LogP contribution in [0.15, 0.2) is 48.8 Å². The van der Waals surface area contributed by atoms with Crippen LogP contribution in [-0.4, -0.2) is 63.4 Å². The molecule has 1 aliphatic heterocycles. The molecule has 2 fully saturated rings. The summed E-state index contributed by atoms with van der Waals surface area (Å²) in [4.78, 5) is 3.05. The fourth-order valence-corrected chi connectivity index (χ4v) is 8.25. The van der Waals surface area contributed by atoms with Gasteiger partial charge < -0.3 is 45.3 Å². The van der Waals surface area contributed by atoms with Crippen molar-refractivity contribution >= 4 is 0 Å². The number of nitrogens with one attached hydrogen (secondary N) is 2. The monoisotopic (exact) mass is 632 g/mol. The first kappa shape index (κ1) is 32.4. The third-order valence-corrected chi connectivity index (χ3v) is 10.7. The second-order valence-electron chi connectivity index (χ2n) is 13.4. The lowest BCUT2D eigenvalue weighted by atomic mass is 9.71. The molecule has 2 aromatic carbocycles. The van der Waals surface area contributed by atoms with Gasteiger partial charge in [-0.3, -0.25) is 0 Å². The van der Waals surface area contributed by atoms with Crippen LogP contribution in [0, 0.1) is 11.8 Å². The van der Waals surface area contributed by atoms with Gasteiger partial charge in [-0.05, 0) is 92.8 Å². The van der Waals surface area contributed by atoms with Gasteiger partial charge in [0.1, 0.15) is 5.75 Å². The molecule has 1 saturated heterocycles. The summed E-state index contributed by atoms with van der Waals surface area (Å²) < 4.78 is 12.4. The highest BCUT2D eigenvalue weighted by atomic mass is 16.5. The van der Waals surface area contributed by atoms with Crippen molar-refractivity contribution in [3.05, 3.63) is 82.2 Å². The third kappa shape index (κ3) is 6.38. The van der Waals surface area contributed by atoms with Gasteiger partial charge >= 0.3 is 0 Å². The fraction of sp³-hybridized carbons (Fsp3) is 0.514. The zero-order chi connectivity index (χ0) is 32.4. The Bertz CT molecular complexity index is 1520. The topological polar surface area (TPSA) is 147 Å². The molecule has 248 valence electrons. The lowest BCUT2D eigenvalue weighted by molar-refractivity contribution is -0.154. The van der Waals surface area contributed by atoms with Crippen molar-refractivity contribution in [3.8, 4) is 23.0 Å². The Hall–Kier alpha value is -3.50. The summed E-state index contributed by atoms with van der Waals surface area (Å²) in [7, 11) is 3.42. The van der Waals surface area contributed by atoms with E-state index in [2.05, 4.69) is 28.5 Å². The van der Waals surface area contributed by atoms with E-state index in [4.69, 9.17) is 9.47 Å². The summed E-state index contributed by atoms with van der Waals surface area (Å²) in [5, 5.41) is 57.8. The molecular formula is C37H48N2O7. The number of H-pyrrole nitrogens is 1. The Morgan fingerprint density at radius 1 is 1.04 bits per heavy atom. The van der Waals surface area contributed by atoms with Crippen molar-refractivity contribution in [2.45, 2.75) is 88.1 Å². The van der Waals surface area contributed by atoms with Crippen molar-refractivity contribution in [2.24, 2.45) is 11.8 Å². The van der Waals surface area contributed by atoms with Crippen LogP contribution < -0.4 is 10.1 Å². The van der Waals surface area contributed by atoms with Gasteiger partial charge in [0.2, 0.25) is 5.75 Å². The molecule has 0 bridgehead atoms. The number of rotatable bonds is 10. The van der Waals surface area contributed by atoms with E-state index in [9.17, 15) is 25.5 Å². The smallest absolute Gasteiger partial charge is 0.201 e. The number of aliphatic hydroxyl groups excluding tert-OH is 2. The van der Waals surface area contributed by atoms with Gasteiger partial charge in [0.05, 0.1) is 32.0 Å². The summed E-state index contributed by atoms with van der Waals surface area (Å²) in [6.45, 7) is 0.478. The standard InChI is InChI=1S/C37H48N2O7/c1-38-12-10-21-4-3-5-25(14-21)27-16-23(7-9-30(27)41)24-6-8-26-31(42)18-33(46-32(26)17-24)34-28(15-22-11-13-39-19-22)37(45-2)36(44)35(43)29(34)20-40/h3,5,7,9,11,13,16,19,21,24-26,31-33,38-44H,4,6,8,10,12,14-15,17-18,20H2,1-2H3. The van der Waals surface area contributed by atoms with Gasteiger partial charge in [0.15, 0.2) is 11.5 Å². The van der Waals surface area contributed by atoms with Gasteiger partial charge in [0.25, 0.3) is 0 Å².